The average molecular weight is 468 g/mol. The van der Waals surface area contributed by atoms with Gasteiger partial charge in [0, 0.05) is 48.9 Å². The smallest absolute Gasteiger partial charge is 0.264 e. The van der Waals surface area contributed by atoms with Crippen LogP contribution in [0.2, 0.25) is 0 Å². The summed E-state index contributed by atoms with van der Waals surface area (Å²) in [5.41, 5.74) is 1.91. The molecule has 33 heavy (non-hydrogen) atoms. The van der Waals surface area contributed by atoms with Crippen LogP contribution in [0.25, 0.3) is 21.3 Å². The first kappa shape index (κ1) is 22.5. The number of aromatic nitrogens is 3. The number of nitrogens with zero attached hydrogens (tertiary/aromatic N) is 4. The Morgan fingerprint density at radius 2 is 2.15 bits per heavy atom. The summed E-state index contributed by atoms with van der Waals surface area (Å²) in [5, 5.41) is 7.73. The molecule has 4 aromatic rings. The van der Waals surface area contributed by atoms with Gasteiger partial charge in [0.05, 0.1) is 29.9 Å². The maximum atomic E-state index is 13.7. The molecule has 0 radical (unpaired) electrons. The Labute approximate surface area is 195 Å². The Balaban J connectivity index is 1.77. The molecule has 0 bridgehead atoms. The number of aryl methyl sites for hydroxylation is 1. The first-order chi connectivity index (χ1) is 15.9. The fourth-order valence-electron chi connectivity index (χ4n) is 3.77. The van der Waals surface area contributed by atoms with Crippen LogP contribution in [0.4, 0.5) is 0 Å². The van der Waals surface area contributed by atoms with Crippen LogP contribution in [0, 0.1) is 0 Å². The Morgan fingerprint density at radius 3 is 2.79 bits per heavy atom. The van der Waals surface area contributed by atoms with E-state index >= 15 is 0 Å². The highest BCUT2D eigenvalue weighted by molar-refractivity contribution is 7.21. The maximum absolute atomic E-state index is 13.7. The molecule has 3 heterocycles. The number of carbonyl (C=O) groups excluding carboxylic acids is 2. The van der Waals surface area contributed by atoms with Gasteiger partial charge in [-0.05, 0) is 31.2 Å². The van der Waals surface area contributed by atoms with Gasteiger partial charge in [-0.1, -0.05) is 0 Å². The van der Waals surface area contributed by atoms with Gasteiger partial charge in [0.2, 0.25) is 5.91 Å². The topological polar surface area (TPSA) is 102 Å². The van der Waals surface area contributed by atoms with Crippen molar-refractivity contribution in [1.29, 1.82) is 0 Å². The third kappa shape index (κ3) is 4.34. The van der Waals surface area contributed by atoms with Crippen molar-refractivity contribution < 1.29 is 18.7 Å². The molecule has 0 aliphatic carbocycles. The van der Waals surface area contributed by atoms with E-state index in [0.717, 1.165) is 21.3 Å². The van der Waals surface area contributed by atoms with Gasteiger partial charge in [0.25, 0.3) is 5.91 Å². The number of hydrogen-bond donors (Lipinski definition) is 1. The zero-order valence-electron chi connectivity index (χ0n) is 18.9. The van der Waals surface area contributed by atoms with Gasteiger partial charge in [-0.2, -0.15) is 5.10 Å². The monoisotopic (exact) mass is 467 g/mol. The summed E-state index contributed by atoms with van der Waals surface area (Å²) < 4.78 is 13.7. The number of thiophene rings is 1. The van der Waals surface area contributed by atoms with Crippen LogP contribution in [0.1, 0.15) is 34.8 Å². The zero-order chi connectivity index (χ0) is 23.5. The quantitative estimate of drug-likeness (QED) is 0.424. The third-order valence-corrected chi connectivity index (χ3v) is 6.78. The summed E-state index contributed by atoms with van der Waals surface area (Å²) in [6.07, 6.45) is 4.83. The molecule has 1 unspecified atom stereocenters. The lowest BCUT2D eigenvalue weighted by molar-refractivity contribution is -0.120. The molecule has 0 saturated heterocycles. The summed E-state index contributed by atoms with van der Waals surface area (Å²) in [6, 6.07) is 7.26. The third-order valence-electron chi connectivity index (χ3n) is 5.62. The number of oxazole rings is 1. The predicted molar refractivity (Wildman–Crippen MR) is 125 cm³/mol. The van der Waals surface area contributed by atoms with Crippen molar-refractivity contribution >= 4 is 33.2 Å². The first-order valence-electron chi connectivity index (χ1n) is 10.4. The first-order valence-corrected chi connectivity index (χ1v) is 11.2. The summed E-state index contributed by atoms with van der Waals surface area (Å²) in [4.78, 5) is 31.8. The highest BCUT2D eigenvalue weighted by Gasteiger charge is 2.28. The fraction of sp³-hybridized carbons (Fsp3) is 0.304. The van der Waals surface area contributed by atoms with Crippen molar-refractivity contribution in [3.05, 3.63) is 53.7 Å². The van der Waals surface area contributed by atoms with E-state index in [1.54, 1.807) is 36.1 Å². The summed E-state index contributed by atoms with van der Waals surface area (Å²) >= 11 is 1.39. The Bertz CT molecular complexity index is 1280. The van der Waals surface area contributed by atoms with Crippen LogP contribution in [-0.2, 0) is 11.8 Å². The van der Waals surface area contributed by atoms with Gasteiger partial charge in [-0.25, -0.2) is 4.98 Å². The van der Waals surface area contributed by atoms with Gasteiger partial charge in [0.15, 0.2) is 6.39 Å². The van der Waals surface area contributed by atoms with E-state index < -0.39 is 6.04 Å². The molecular weight excluding hydrogens is 442 g/mol. The number of nitrogens with one attached hydrogen (secondary N) is 1. The van der Waals surface area contributed by atoms with Crippen molar-refractivity contribution in [2.24, 2.45) is 7.05 Å². The molecule has 9 nitrogen and oxygen atoms in total. The predicted octanol–water partition coefficient (Wildman–Crippen LogP) is 3.64. The van der Waals surface area contributed by atoms with Gasteiger partial charge in [-0.15, -0.1) is 11.3 Å². The lowest BCUT2D eigenvalue weighted by Gasteiger charge is -2.27. The lowest BCUT2D eigenvalue weighted by atomic mass is 10.1. The Hall–Kier alpha value is -3.66. The number of hydrogen-bond acceptors (Lipinski definition) is 7. The molecule has 0 aliphatic rings. The van der Waals surface area contributed by atoms with Crippen molar-refractivity contribution in [2.75, 3.05) is 20.7 Å². The second-order valence-corrected chi connectivity index (χ2v) is 8.56. The second kappa shape index (κ2) is 9.45. The van der Waals surface area contributed by atoms with Gasteiger partial charge in [0.1, 0.15) is 11.5 Å². The molecule has 172 valence electrons. The van der Waals surface area contributed by atoms with Crippen LogP contribution in [0.3, 0.4) is 0 Å². The number of methoxy groups -OCH3 is 1. The SMILES string of the molecule is CNC(=O)CCN(C(=O)c1cc2c(OC)ccc(-c3ccnn3C)c2s1)C(C)c1cnco1. The highest BCUT2D eigenvalue weighted by Crippen LogP contribution is 2.40. The van der Waals surface area contributed by atoms with E-state index in [9.17, 15) is 9.59 Å². The maximum Gasteiger partial charge on any atom is 0.264 e. The highest BCUT2D eigenvalue weighted by atomic mass is 32.1. The number of rotatable bonds is 8. The normalized spacial score (nSPS) is 12.0. The van der Waals surface area contributed by atoms with E-state index in [1.807, 2.05) is 38.2 Å². The molecule has 0 fully saturated rings. The molecule has 1 aromatic carbocycles. The van der Waals surface area contributed by atoms with E-state index in [2.05, 4.69) is 15.4 Å². The number of carbonyl (C=O) groups is 2. The molecular formula is C23H25N5O4S. The van der Waals surface area contributed by atoms with Crippen molar-refractivity contribution in [3.8, 4) is 17.0 Å². The number of fused-ring (bicyclic) bond motifs is 1. The minimum absolute atomic E-state index is 0.144. The lowest BCUT2D eigenvalue weighted by Crippen LogP contribution is -2.36. The molecule has 10 heteroatoms. The molecule has 0 saturated carbocycles. The second-order valence-electron chi connectivity index (χ2n) is 7.51. The van der Waals surface area contributed by atoms with Crippen LogP contribution in [0.5, 0.6) is 5.75 Å². The minimum Gasteiger partial charge on any atom is -0.496 e. The number of amides is 2. The number of benzene rings is 1. The average Bonchev–Trinajstić information content (AvgIpc) is 3.58. The zero-order valence-corrected chi connectivity index (χ0v) is 19.7. The van der Waals surface area contributed by atoms with Crippen molar-refractivity contribution in [3.63, 3.8) is 0 Å². The van der Waals surface area contributed by atoms with Gasteiger partial charge >= 0.3 is 0 Å². The van der Waals surface area contributed by atoms with Crippen molar-refractivity contribution in [1.82, 2.24) is 25.0 Å². The van der Waals surface area contributed by atoms with E-state index in [0.29, 0.717) is 16.4 Å². The summed E-state index contributed by atoms with van der Waals surface area (Å²) in [5.74, 6) is 0.900. The van der Waals surface area contributed by atoms with Gasteiger partial charge in [-0.3, -0.25) is 14.3 Å². The number of ether oxygens (including phenoxy) is 1. The van der Waals surface area contributed by atoms with Crippen LogP contribution in [0.15, 0.2) is 47.5 Å². The van der Waals surface area contributed by atoms with E-state index in [-0.39, 0.29) is 24.8 Å². The molecule has 3 aromatic heterocycles. The van der Waals surface area contributed by atoms with E-state index in [1.165, 1.54) is 17.7 Å². The molecule has 4 rings (SSSR count). The Morgan fingerprint density at radius 1 is 1.33 bits per heavy atom. The van der Waals surface area contributed by atoms with Crippen molar-refractivity contribution in [2.45, 2.75) is 19.4 Å². The molecule has 0 spiro atoms. The summed E-state index contributed by atoms with van der Waals surface area (Å²) in [7, 11) is 5.07. The minimum atomic E-state index is -0.395. The molecule has 0 aliphatic heterocycles. The Kier molecular flexibility index (Phi) is 6.45. The largest absolute Gasteiger partial charge is 0.496 e. The molecule has 1 N–H and O–H groups in total. The van der Waals surface area contributed by atoms with Crippen LogP contribution < -0.4 is 10.1 Å². The standard InChI is InChI=1S/C23H25N5O4S/c1-14(19-12-25-13-32-19)28(10-8-21(29)24-2)23(30)20-11-16-18(31-4)6-5-15(22(16)33-20)17-7-9-26-27(17)3/h5-7,9,11-14H,8,10H2,1-4H3,(H,24,29). The van der Waals surface area contributed by atoms with Crippen LogP contribution in [-0.4, -0.2) is 52.2 Å². The van der Waals surface area contributed by atoms with E-state index in [4.69, 9.17) is 9.15 Å². The molecule has 2 amide bonds. The van der Waals surface area contributed by atoms with Gasteiger partial charge < -0.3 is 19.4 Å². The molecule has 1 atom stereocenters. The fourth-order valence-corrected chi connectivity index (χ4v) is 4.92. The summed E-state index contributed by atoms with van der Waals surface area (Å²) in [6.45, 7) is 2.09. The van der Waals surface area contributed by atoms with Crippen LogP contribution >= 0.6 is 11.3 Å².